The number of rotatable bonds is 11. The van der Waals surface area contributed by atoms with E-state index in [4.69, 9.17) is 9.47 Å². The third-order valence-electron chi connectivity index (χ3n) is 5.42. The molecule has 0 saturated carbocycles. The molecule has 0 fully saturated rings. The molecule has 0 spiro atoms. The lowest BCUT2D eigenvalue weighted by atomic mass is 10.1. The van der Waals surface area contributed by atoms with E-state index in [-0.39, 0.29) is 17.4 Å². The van der Waals surface area contributed by atoms with Crippen molar-refractivity contribution in [3.8, 4) is 23.0 Å². The number of phenols is 1. The lowest BCUT2D eigenvalue weighted by Gasteiger charge is -2.10. The largest absolute Gasteiger partial charge is 0.508 e. The number of phenolic OH excluding ortho intramolecular Hbond substituents is 1. The van der Waals surface area contributed by atoms with Crippen molar-refractivity contribution >= 4 is 33.1 Å². The molecule has 0 unspecified atom stereocenters. The minimum absolute atomic E-state index is 0.0505. The van der Waals surface area contributed by atoms with Crippen LogP contribution in [0.1, 0.15) is 15.2 Å². The summed E-state index contributed by atoms with van der Waals surface area (Å²) in [4.78, 5) is 26.7. The number of ether oxygens (including phenoxy) is 2. The van der Waals surface area contributed by atoms with Gasteiger partial charge in [-0.05, 0) is 42.5 Å². The molecule has 0 aliphatic carbocycles. The molecule has 3 aromatic carbocycles. The molecule has 0 saturated heterocycles. The van der Waals surface area contributed by atoms with E-state index in [2.05, 4.69) is 5.32 Å². The monoisotopic (exact) mass is 516 g/mol. The van der Waals surface area contributed by atoms with Crippen molar-refractivity contribution in [3.05, 3.63) is 95.4 Å². The highest BCUT2D eigenvalue weighted by Gasteiger charge is 2.22. The summed E-state index contributed by atoms with van der Waals surface area (Å²) in [6.07, 6.45) is 3.31. The average molecular weight is 517 g/mol. The first-order valence-electron chi connectivity index (χ1n) is 11.8. The second kappa shape index (κ2) is 12.2. The first-order chi connectivity index (χ1) is 17.9. The predicted octanol–water partition coefficient (Wildman–Crippen LogP) is 5.24. The number of nitrogens with one attached hydrogen (secondary N) is 1. The van der Waals surface area contributed by atoms with Gasteiger partial charge >= 0.3 is 0 Å². The highest BCUT2D eigenvalue weighted by molar-refractivity contribution is 7.21. The van der Waals surface area contributed by atoms with Crippen molar-refractivity contribution in [1.29, 1.82) is 0 Å². The second-order valence-electron chi connectivity index (χ2n) is 8.40. The van der Waals surface area contributed by atoms with Crippen LogP contribution in [0.5, 0.6) is 23.0 Å². The van der Waals surface area contributed by atoms with Crippen LogP contribution in [0, 0.1) is 0 Å². The molecule has 0 aliphatic heterocycles. The quantitative estimate of drug-likeness (QED) is 0.161. The van der Waals surface area contributed by atoms with E-state index in [1.165, 1.54) is 22.3 Å². The van der Waals surface area contributed by atoms with Crippen LogP contribution in [0.2, 0.25) is 0 Å². The Hall–Kier alpha value is -4.14. The van der Waals surface area contributed by atoms with Crippen LogP contribution < -0.4 is 14.8 Å². The Kier molecular flexibility index (Phi) is 8.56. The maximum Gasteiger partial charge on any atom is 0.245 e. The first kappa shape index (κ1) is 25.9. The van der Waals surface area contributed by atoms with E-state index in [0.717, 1.165) is 10.1 Å². The molecule has 1 heterocycles. The van der Waals surface area contributed by atoms with Crippen molar-refractivity contribution in [2.75, 3.05) is 33.8 Å². The van der Waals surface area contributed by atoms with Gasteiger partial charge in [0.15, 0.2) is 5.75 Å². The van der Waals surface area contributed by atoms with Crippen LogP contribution in [-0.4, -0.2) is 55.5 Å². The van der Waals surface area contributed by atoms with Gasteiger partial charge in [-0.1, -0.05) is 36.4 Å². The normalized spacial score (nSPS) is 11.1. The van der Waals surface area contributed by atoms with Crippen LogP contribution in [-0.2, 0) is 4.79 Å². The number of hydrogen-bond donors (Lipinski definition) is 2. The topological polar surface area (TPSA) is 88.1 Å². The number of hydrogen-bond acceptors (Lipinski definition) is 7. The second-order valence-corrected chi connectivity index (χ2v) is 9.45. The van der Waals surface area contributed by atoms with E-state index in [1.807, 2.05) is 30.3 Å². The Labute approximate surface area is 219 Å². The van der Waals surface area contributed by atoms with Crippen molar-refractivity contribution in [2.45, 2.75) is 0 Å². The summed E-state index contributed by atoms with van der Waals surface area (Å²) < 4.78 is 12.7. The number of thiophene rings is 1. The third-order valence-corrected chi connectivity index (χ3v) is 6.56. The Morgan fingerprint density at radius 2 is 1.73 bits per heavy atom. The minimum Gasteiger partial charge on any atom is -0.508 e. The number of ketones is 1. The Bertz CT molecular complexity index is 1400. The number of likely N-dealkylation sites (N-methyl/N-ethyl adjacent to an activating group) is 1. The van der Waals surface area contributed by atoms with Crippen molar-refractivity contribution in [1.82, 2.24) is 10.2 Å². The molecule has 0 aliphatic rings. The summed E-state index contributed by atoms with van der Waals surface area (Å²) in [5.74, 6) is 1.67. The molecule has 8 heteroatoms. The molecular weight excluding hydrogens is 488 g/mol. The van der Waals surface area contributed by atoms with Crippen LogP contribution in [0.3, 0.4) is 0 Å². The number of carbonyl (C=O) groups excluding carboxylic acids is 2. The fourth-order valence-electron chi connectivity index (χ4n) is 3.49. The fourth-order valence-corrected chi connectivity index (χ4v) is 4.62. The lowest BCUT2D eigenvalue weighted by Crippen LogP contribution is -2.22. The highest BCUT2D eigenvalue weighted by atomic mass is 32.1. The highest BCUT2D eigenvalue weighted by Crippen LogP contribution is 2.42. The molecule has 190 valence electrons. The van der Waals surface area contributed by atoms with Gasteiger partial charge in [-0.25, -0.2) is 0 Å². The van der Waals surface area contributed by atoms with Crippen LogP contribution in [0.15, 0.2) is 84.9 Å². The predicted molar refractivity (Wildman–Crippen MR) is 146 cm³/mol. The smallest absolute Gasteiger partial charge is 0.245 e. The fraction of sp³-hybridized carbons (Fsp3) is 0.172. The first-order valence-corrected chi connectivity index (χ1v) is 12.6. The molecule has 4 rings (SSSR count). The van der Waals surface area contributed by atoms with E-state index in [0.29, 0.717) is 47.4 Å². The van der Waals surface area contributed by atoms with Crippen LogP contribution >= 0.6 is 11.3 Å². The summed E-state index contributed by atoms with van der Waals surface area (Å²) in [5.41, 5.74) is 0.570. The van der Waals surface area contributed by atoms with Gasteiger partial charge in [-0.15, -0.1) is 11.3 Å². The maximum atomic E-state index is 13.3. The maximum absolute atomic E-state index is 13.3. The van der Waals surface area contributed by atoms with Crippen LogP contribution in [0.4, 0.5) is 0 Å². The van der Waals surface area contributed by atoms with Crippen molar-refractivity contribution < 1.29 is 24.2 Å². The van der Waals surface area contributed by atoms with E-state index in [9.17, 15) is 14.7 Å². The number of fused-ring (bicyclic) bond motifs is 1. The number of benzene rings is 3. The molecule has 2 N–H and O–H groups in total. The summed E-state index contributed by atoms with van der Waals surface area (Å²) >= 11 is 1.29. The van der Waals surface area contributed by atoms with Crippen LogP contribution in [0.25, 0.3) is 10.1 Å². The summed E-state index contributed by atoms with van der Waals surface area (Å²) in [6, 6.07) is 21.2. The summed E-state index contributed by atoms with van der Waals surface area (Å²) in [7, 11) is 3.42. The molecule has 4 aromatic rings. The standard InChI is InChI=1S/C29H28N2O5S/c1-31(2)26(33)9-6-16-30-17-18-35-22-11-13-23(14-12-22)36-28-24-15-10-21(32)19-25(24)37-29(28)27(34)20-7-4-3-5-8-20/h3-15,19,30,32H,16-18H2,1-2H3/b9-6+. The van der Waals surface area contributed by atoms with Gasteiger partial charge in [0.05, 0.1) is 0 Å². The van der Waals surface area contributed by atoms with E-state index in [1.54, 1.807) is 62.6 Å². The number of nitrogens with zero attached hydrogens (tertiary/aromatic N) is 1. The number of aromatic hydroxyl groups is 1. The SMILES string of the molecule is CN(C)C(=O)/C=C/CNCCOc1ccc(Oc2c(C(=O)c3ccccc3)sc3cc(O)ccc23)cc1. The third kappa shape index (κ3) is 6.75. The molecule has 0 radical (unpaired) electrons. The summed E-state index contributed by atoms with van der Waals surface area (Å²) in [6.45, 7) is 1.66. The molecule has 1 amide bonds. The Balaban J connectivity index is 1.40. The number of carbonyl (C=O) groups is 2. The molecule has 7 nitrogen and oxygen atoms in total. The van der Waals surface area contributed by atoms with E-state index >= 15 is 0 Å². The zero-order valence-electron chi connectivity index (χ0n) is 20.6. The Morgan fingerprint density at radius 3 is 2.46 bits per heavy atom. The van der Waals surface area contributed by atoms with Gasteiger partial charge in [0.25, 0.3) is 0 Å². The lowest BCUT2D eigenvalue weighted by molar-refractivity contribution is -0.123. The minimum atomic E-state index is -0.135. The molecule has 0 atom stereocenters. The molecule has 1 aromatic heterocycles. The van der Waals surface area contributed by atoms with Gasteiger partial charge < -0.3 is 24.8 Å². The zero-order valence-corrected chi connectivity index (χ0v) is 21.5. The summed E-state index contributed by atoms with van der Waals surface area (Å²) in [5, 5.41) is 13.9. The van der Waals surface area contributed by atoms with Crippen molar-refractivity contribution in [3.63, 3.8) is 0 Å². The Morgan fingerprint density at radius 1 is 1.00 bits per heavy atom. The molecular formula is C29H28N2O5S. The van der Waals surface area contributed by atoms with Gasteiger partial charge in [-0.2, -0.15) is 0 Å². The van der Waals surface area contributed by atoms with Gasteiger partial charge in [0, 0.05) is 48.9 Å². The average Bonchev–Trinajstić information content (AvgIpc) is 3.25. The zero-order chi connectivity index (χ0) is 26.2. The van der Waals surface area contributed by atoms with Gasteiger partial charge in [0.1, 0.15) is 28.7 Å². The van der Waals surface area contributed by atoms with Gasteiger partial charge in [-0.3, -0.25) is 9.59 Å². The van der Waals surface area contributed by atoms with Crippen molar-refractivity contribution in [2.24, 2.45) is 0 Å². The molecule has 37 heavy (non-hydrogen) atoms. The van der Waals surface area contributed by atoms with Gasteiger partial charge in [0.2, 0.25) is 11.7 Å². The molecule has 0 bridgehead atoms. The number of amides is 1. The van der Waals surface area contributed by atoms with E-state index < -0.39 is 0 Å².